The molecule has 40 heavy (non-hydrogen) atoms. The minimum atomic E-state index is -0.586. The first-order valence-corrected chi connectivity index (χ1v) is 13.2. The number of azo groups is 1. The molecule has 0 spiro atoms. The van der Waals surface area contributed by atoms with Crippen LogP contribution in [0.2, 0.25) is 0 Å². The van der Waals surface area contributed by atoms with Crippen LogP contribution in [0.4, 0.5) is 11.4 Å². The van der Waals surface area contributed by atoms with Crippen LogP contribution in [0.5, 0.6) is 23.0 Å². The van der Waals surface area contributed by atoms with E-state index in [1.54, 1.807) is 26.0 Å². The molecule has 0 aromatic heterocycles. The minimum absolute atomic E-state index is 0.152. The van der Waals surface area contributed by atoms with Gasteiger partial charge in [0.05, 0.1) is 51.0 Å². The highest BCUT2D eigenvalue weighted by Crippen LogP contribution is 2.31. The highest BCUT2D eigenvalue weighted by atomic mass is 16.5. The summed E-state index contributed by atoms with van der Waals surface area (Å²) < 4.78 is 34.0. The van der Waals surface area contributed by atoms with Crippen molar-refractivity contribution < 1.29 is 38.0 Å². The van der Waals surface area contributed by atoms with Crippen LogP contribution >= 0.6 is 0 Å². The second-order valence-electron chi connectivity index (χ2n) is 8.58. The van der Waals surface area contributed by atoms with Gasteiger partial charge in [-0.1, -0.05) is 12.1 Å². The Morgan fingerprint density at radius 1 is 0.650 bits per heavy atom. The maximum Gasteiger partial charge on any atom is 0.342 e. The predicted molar refractivity (Wildman–Crippen MR) is 147 cm³/mol. The molecule has 0 atom stereocenters. The Hall–Kier alpha value is -4.60. The molecule has 0 saturated heterocycles. The maximum atomic E-state index is 12.8. The van der Waals surface area contributed by atoms with E-state index in [9.17, 15) is 9.59 Å². The first-order valence-electron chi connectivity index (χ1n) is 13.2. The van der Waals surface area contributed by atoms with Crippen molar-refractivity contribution in [3.05, 3.63) is 71.8 Å². The van der Waals surface area contributed by atoms with Crippen LogP contribution in [0.25, 0.3) is 0 Å². The lowest BCUT2D eigenvalue weighted by Crippen LogP contribution is -2.15. The van der Waals surface area contributed by atoms with Crippen molar-refractivity contribution in [2.45, 2.75) is 26.7 Å². The van der Waals surface area contributed by atoms with Crippen LogP contribution in [0.3, 0.4) is 0 Å². The number of carbonyl (C=O) groups is 2. The first kappa shape index (κ1) is 28.4. The summed E-state index contributed by atoms with van der Waals surface area (Å²) in [5.74, 6) is 0.488. The number of benzene rings is 3. The minimum Gasteiger partial charge on any atom is -0.493 e. The number of rotatable bonds is 4. The van der Waals surface area contributed by atoms with Crippen molar-refractivity contribution in [2.24, 2.45) is 10.2 Å². The van der Waals surface area contributed by atoms with Crippen LogP contribution < -0.4 is 18.9 Å². The third kappa shape index (κ3) is 7.95. The molecule has 0 N–H and O–H groups in total. The van der Waals surface area contributed by atoms with Crippen LogP contribution in [-0.4, -0.2) is 51.6 Å². The standard InChI is InChI=1S/C30H32N2O8/c1-3-35-29(33)25-19-28-26(30(34)36-4-2)20-27(25)39-15-7-13-37-23-11-5-9-21(17-23)31-32-22-10-6-12-24(18-22)38-14-8-16-40-28/h5-6,9-12,17-20H,3-4,7-8,13-16H2,1-2H3. The van der Waals surface area contributed by atoms with Gasteiger partial charge in [-0.3, -0.25) is 0 Å². The van der Waals surface area contributed by atoms with Gasteiger partial charge in [-0.2, -0.15) is 10.2 Å². The molecular formula is C30H32N2O8. The van der Waals surface area contributed by atoms with E-state index in [2.05, 4.69) is 10.2 Å². The van der Waals surface area contributed by atoms with Crippen molar-refractivity contribution in [1.29, 1.82) is 0 Å². The molecule has 3 aromatic rings. The van der Waals surface area contributed by atoms with Crippen LogP contribution in [0, 0.1) is 0 Å². The smallest absolute Gasteiger partial charge is 0.342 e. The molecule has 3 aromatic carbocycles. The van der Waals surface area contributed by atoms with Gasteiger partial charge in [0, 0.05) is 25.0 Å². The molecule has 5 rings (SSSR count). The van der Waals surface area contributed by atoms with E-state index in [0.717, 1.165) is 0 Å². The van der Waals surface area contributed by atoms with Gasteiger partial charge in [-0.25, -0.2) is 9.59 Å². The summed E-state index contributed by atoms with van der Waals surface area (Å²) in [5, 5.41) is 8.62. The van der Waals surface area contributed by atoms with Gasteiger partial charge in [-0.05, 0) is 50.2 Å². The Bertz CT molecular complexity index is 1240. The van der Waals surface area contributed by atoms with Crippen LogP contribution in [-0.2, 0) is 9.47 Å². The molecule has 10 nitrogen and oxygen atoms in total. The Balaban J connectivity index is 1.62. The highest BCUT2D eigenvalue weighted by molar-refractivity contribution is 5.98. The monoisotopic (exact) mass is 548 g/mol. The fraction of sp³-hybridized carbons (Fsp3) is 0.333. The summed E-state index contributed by atoms with van der Waals surface area (Å²) in [6.07, 6.45) is 1.02. The number of ether oxygens (including phenoxy) is 6. The summed E-state index contributed by atoms with van der Waals surface area (Å²) in [6.45, 7) is 4.93. The summed E-state index contributed by atoms with van der Waals surface area (Å²) in [5.41, 5.74) is 1.59. The van der Waals surface area contributed by atoms with Crippen LogP contribution in [0.1, 0.15) is 47.4 Å². The van der Waals surface area contributed by atoms with Crippen molar-refractivity contribution in [3.8, 4) is 23.0 Å². The first-order chi connectivity index (χ1) is 19.6. The molecule has 0 saturated carbocycles. The van der Waals surface area contributed by atoms with E-state index in [1.165, 1.54) is 12.1 Å². The van der Waals surface area contributed by atoms with E-state index < -0.39 is 11.9 Å². The zero-order valence-corrected chi connectivity index (χ0v) is 22.6. The predicted octanol–water partition coefficient (Wildman–Crippen LogP) is 6.46. The lowest BCUT2D eigenvalue weighted by Gasteiger charge is -2.17. The third-order valence-corrected chi connectivity index (χ3v) is 5.62. The zero-order chi connectivity index (χ0) is 28.2. The van der Waals surface area contributed by atoms with E-state index in [0.29, 0.717) is 48.9 Å². The number of hydrogen-bond donors (Lipinski definition) is 0. The Kier molecular flexibility index (Phi) is 10.3. The largest absolute Gasteiger partial charge is 0.493 e. The number of fused-ring (bicyclic) bond motifs is 10. The second kappa shape index (κ2) is 14.5. The topological polar surface area (TPSA) is 114 Å². The fourth-order valence-corrected chi connectivity index (χ4v) is 3.78. The van der Waals surface area contributed by atoms with Crippen LogP contribution in [0.15, 0.2) is 70.9 Å². The molecule has 2 heterocycles. The summed E-state index contributed by atoms with van der Waals surface area (Å²) in [4.78, 5) is 25.5. The molecule has 210 valence electrons. The Morgan fingerprint density at radius 2 is 1.07 bits per heavy atom. The zero-order valence-electron chi connectivity index (χ0n) is 22.6. The molecule has 0 unspecified atom stereocenters. The van der Waals surface area contributed by atoms with Gasteiger partial charge in [0.2, 0.25) is 0 Å². The quantitative estimate of drug-likeness (QED) is 0.341. The normalized spacial score (nSPS) is 13.8. The summed E-state index contributed by atoms with van der Waals surface area (Å²) >= 11 is 0. The van der Waals surface area contributed by atoms with Crippen molar-refractivity contribution in [2.75, 3.05) is 39.6 Å². The Labute approximate surface area is 232 Å². The molecule has 0 fully saturated rings. The van der Waals surface area contributed by atoms with Gasteiger partial charge in [0.1, 0.15) is 34.1 Å². The van der Waals surface area contributed by atoms with Crippen molar-refractivity contribution in [3.63, 3.8) is 0 Å². The number of esters is 2. The second-order valence-corrected chi connectivity index (χ2v) is 8.58. The third-order valence-electron chi connectivity index (χ3n) is 5.62. The SMILES string of the molecule is CCOC(=O)c1cc2c(C(=O)OCC)cc1OCCCOc1cccc(c1)N=Nc1cccc(c1)OCCCO2. The lowest BCUT2D eigenvalue weighted by molar-refractivity contribution is 0.0502. The van der Waals surface area contributed by atoms with E-state index in [1.807, 2.05) is 36.4 Å². The molecule has 2 aliphatic rings. The van der Waals surface area contributed by atoms with Gasteiger partial charge in [0.15, 0.2) is 0 Å². The average molecular weight is 549 g/mol. The van der Waals surface area contributed by atoms with E-state index in [4.69, 9.17) is 28.4 Å². The van der Waals surface area contributed by atoms with Gasteiger partial charge >= 0.3 is 11.9 Å². The summed E-state index contributed by atoms with van der Waals surface area (Å²) in [6, 6.07) is 17.5. The molecule has 0 radical (unpaired) electrons. The average Bonchev–Trinajstić information content (AvgIpc) is 2.96. The molecular weight excluding hydrogens is 516 g/mol. The summed E-state index contributed by atoms with van der Waals surface area (Å²) in [7, 11) is 0. The number of carbonyl (C=O) groups excluding carboxylic acids is 2. The lowest BCUT2D eigenvalue weighted by atomic mass is 10.1. The molecule has 6 bridgehead atoms. The van der Waals surface area contributed by atoms with E-state index in [-0.39, 0.29) is 49.1 Å². The van der Waals surface area contributed by atoms with Crippen molar-refractivity contribution >= 4 is 23.3 Å². The molecule has 10 heteroatoms. The van der Waals surface area contributed by atoms with Crippen molar-refractivity contribution in [1.82, 2.24) is 0 Å². The maximum absolute atomic E-state index is 12.8. The Morgan fingerprint density at radius 3 is 1.50 bits per heavy atom. The van der Waals surface area contributed by atoms with Gasteiger partial charge < -0.3 is 28.4 Å². The number of hydrogen-bond acceptors (Lipinski definition) is 10. The highest BCUT2D eigenvalue weighted by Gasteiger charge is 2.23. The molecule has 0 amide bonds. The number of nitrogens with zero attached hydrogens (tertiary/aromatic N) is 2. The van der Waals surface area contributed by atoms with E-state index >= 15 is 0 Å². The molecule has 0 aliphatic carbocycles. The molecule has 2 aliphatic heterocycles. The van der Waals surface area contributed by atoms with Gasteiger partial charge in [-0.15, -0.1) is 0 Å². The fourth-order valence-electron chi connectivity index (χ4n) is 3.78. The van der Waals surface area contributed by atoms with Gasteiger partial charge in [0.25, 0.3) is 0 Å².